The highest BCUT2D eigenvalue weighted by molar-refractivity contribution is 6.19. The van der Waals surface area contributed by atoms with Crippen molar-refractivity contribution in [3.05, 3.63) is 140 Å². The largest absolute Gasteiger partial charge is 0.309 e. The smallest absolute Gasteiger partial charge is 0.0973 e. The molecule has 0 saturated heterocycles. The standard InChI is InChI=1S/C36H23N3/c1-3-12-25(13-4-1)34-35(38-32-18-10-9-17-31(32)37-34)26-20-22-33-30(23-26)29-21-19-24-11-7-8-16-28(24)36(29)39(33)27-14-5-2-6-15-27/h1-23H. The molecule has 8 rings (SSSR count). The number of para-hydroxylation sites is 3. The molecule has 0 spiro atoms. The lowest BCUT2D eigenvalue weighted by atomic mass is 10.0. The number of benzene rings is 6. The van der Waals surface area contributed by atoms with E-state index in [1.54, 1.807) is 0 Å². The molecule has 0 saturated carbocycles. The van der Waals surface area contributed by atoms with E-state index in [1.807, 2.05) is 30.3 Å². The van der Waals surface area contributed by atoms with Gasteiger partial charge in [-0.3, -0.25) is 0 Å². The Balaban J connectivity index is 1.47. The van der Waals surface area contributed by atoms with Crippen LogP contribution in [0.3, 0.4) is 0 Å². The van der Waals surface area contributed by atoms with Crippen molar-refractivity contribution in [3.8, 4) is 28.2 Å². The van der Waals surface area contributed by atoms with Crippen LogP contribution in [0.1, 0.15) is 0 Å². The van der Waals surface area contributed by atoms with E-state index in [-0.39, 0.29) is 0 Å². The molecule has 2 aromatic heterocycles. The zero-order valence-corrected chi connectivity index (χ0v) is 21.1. The van der Waals surface area contributed by atoms with Crippen molar-refractivity contribution in [2.24, 2.45) is 0 Å². The lowest BCUT2D eigenvalue weighted by molar-refractivity contribution is 1.19. The highest BCUT2D eigenvalue weighted by Crippen LogP contribution is 2.39. The quantitative estimate of drug-likeness (QED) is 0.244. The Morgan fingerprint density at radius 2 is 1.08 bits per heavy atom. The van der Waals surface area contributed by atoms with Crippen LogP contribution in [0.2, 0.25) is 0 Å². The van der Waals surface area contributed by atoms with Crippen LogP contribution in [0.4, 0.5) is 0 Å². The van der Waals surface area contributed by atoms with Gasteiger partial charge < -0.3 is 4.57 Å². The van der Waals surface area contributed by atoms with Crippen LogP contribution in [0, 0.1) is 0 Å². The van der Waals surface area contributed by atoms with Gasteiger partial charge in [0, 0.05) is 33.0 Å². The van der Waals surface area contributed by atoms with E-state index in [9.17, 15) is 0 Å². The summed E-state index contributed by atoms with van der Waals surface area (Å²) in [5.41, 5.74) is 9.23. The Labute approximate surface area is 225 Å². The van der Waals surface area contributed by atoms with Crippen LogP contribution in [-0.4, -0.2) is 14.5 Å². The predicted octanol–water partition coefficient (Wildman–Crippen LogP) is 9.21. The summed E-state index contributed by atoms with van der Waals surface area (Å²) in [5.74, 6) is 0. The molecule has 0 aliphatic rings. The minimum Gasteiger partial charge on any atom is -0.309 e. The zero-order valence-electron chi connectivity index (χ0n) is 21.1. The first-order chi connectivity index (χ1) is 19.3. The monoisotopic (exact) mass is 497 g/mol. The molecule has 0 bridgehead atoms. The van der Waals surface area contributed by atoms with Gasteiger partial charge in [0.25, 0.3) is 0 Å². The van der Waals surface area contributed by atoms with Gasteiger partial charge in [-0.15, -0.1) is 0 Å². The number of hydrogen-bond acceptors (Lipinski definition) is 2. The van der Waals surface area contributed by atoms with E-state index in [2.05, 4.69) is 114 Å². The van der Waals surface area contributed by atoms with Gasteiger partial charge in [0.2, 0.25) is 0 Å². The van der Waals surface area contributed by atoms with E-state index < -0.39 is 0 Å². The lowest BCUT2D eigenvalue weighted by Crippen LogP contribution is -1.96. The first kappa shape index (κ1) is 21.8. The summed E-state index contributed by atoms with van der Waals surface area (Å²) in [6.45, 7) is 0. The molecule has 2 heterocycles. The highest BCUT2D eigenvalue weighted by atomic mass is 15.0. The maximum absolute atomic E-state index is 5.15. The number of aromatic nitrogens is 3. The van der Waals surface area contributed by atoms with Crippen LogP contribution in [0.25, 0.3) is 71.8 Å². The van der Waals surface area contributed by atoms with Crippen molar-refractivity contribution in [2.45, 2.75) is 0 Å². The van der Waals surface area contributed by atoms with Crippen LogP contribution >= 0.6 is 0 Å². The van der Waals surface area contributed by atoms with E-state index in [0.717, 1.165) is 39.2 Å². The molecule has 6 aromatic carbocycles. The molecule has 182 valence electrons. The average molecular weight is 498 g/mol. The molecule has 0 fully saturated rings. The maximum Gasteiger partial charge on any atom is 0.0973 e. The van der Waals surface area contributed by atoms with Gasteiger partial charge in [0.1, 0.15) is 0 Å². The second-order valence-corrected chi connectivity index (χ2v) is 9.86. The molecule has 0 aliphatic carbocycles. The molecule has 0 unspecified atom stereocenters. The summed E-state index contributed by atoms with van der Waals surface area (Å²) >= 11 is 0. The van der Waals surface area contributed by atoms with Crippen LogP contribution in [0.15, 0.2) is 140 Å². The Bertz CT molecular complexity index is 2160. The van der Waals surface area contributed by atoms with Gasteiger partial charge in [-0.1, -0.05) is 103 Å². The van der Waals surface area contributed by atoms with E-state index >= 15 is 0 Å². The summed E-state index contributed by atoms with van der Waals surface area (Å²) in [5, 5.41) is 4.90. The summed E-state index contributed by atoms with van der Waals surface area (Å²) in [6.07, 6.45) is 0. The number of fused-ring (bicyclic) bond motifs is 6. The third kappa shape index (κ3) is 3.44. The fraction of sp³-hybridized carbons (Fsp3) is 0. The summed E-state index contributed by atoms with van der Waals surface area (Å²) in [4.78, 5) is 10.2. The molecule has 0 N–H and O–H groups in total. The Kier molecular flexibility index (Phi) is 4.82. The van der Waals surface area contributed by atoms with Crippen molar-refractivity contribution in [2.75, 3.05) is 0 Å². The van der Waals surface area contributed by atoms with Crippen molar-refractivity contribution < 1.29 is 0 Å². The maximum atomic E-state index is 5.15. The summed E-state index contributed by atoms with van der Waals surface area (Å²) in [6, 6.07) is 48.9. The molecule has 8 aromatic rings. The summed E-state index contributed by atoms with van der Waals surface area (Å²) in [7, 11) is 0. The topological polar surface area (TPSA) is 30.7 Å². The average Bonchev–Trinajstić information content (AvgIpc) is 3.35. The first-order valence-corrected chi connectivity index (χ1v) is 13.2. The molecule has 3 heteroatoms. The Morgan fingerprint density at radius 1 is 0.436 bits per heavy atom. The van der Waals surface area contributed by atoms with Crippen molar-refractivity contribution >= 4 is 43.6 Å². The molecule has 0 aliphatic heterocycles. The van der Waals surface area contributed by atoms with Crippen molar-refractivity contribution in [3.63, 3.8) is 0 Å². The first-order valence-electron chi connectivity index (χ1n) is 13.2. The van der Waals surface area contributed by atoms with Crippen LogP contribution < -0.4 is 0 Å². The molecule has 39 heavy (non-hydrogen) atoms. The summed E-state index contributed by atoms with van der Waals surface area (Å²) < 4.78 is 2.39. The molecule has 0 amide bonds. The minimum atomic E-state index is 0.892. The predicted molar refractivity (Wildman–Crippen MR) is 162 cm³/mol. The van der Waals surface area contributed by atoms with Gasteiger partial charge in [-0.05, 0) is 41.8 Å². The second-order valence-electron chi connectivity index (χ2n) is 9.86. The zero-order chi connectivity index (χ0) is 25.8. The van der Waals surface area contributed by atoms with E-state index in [1.165, 1.54) is 32.6 Å². The number of nitrogens with zero attached hydrogens (tertiary/aromatic N) is 3. The molecular formula is C36H23N3. The van der Waals surface area contributed by atoms with Crippen LogP contribution in [-0.2, 0) is 0 Å². The number of hydrogen-bond donors (Lipinski definition) is 0. The van der Waals surface area contributed by atoms with Gasteiger partial charge in [-0.25, -0.2) is 9.97 Å². The van der Waals surface area contributed by atoms with Gasteiger partial charge >= 0.3 is 0 Å². The fourth-order valence-corrected chi connectivity index (χ4v) is 5.77. The highest BCUT2D eigenvalue weighted by Gasteiger charge is 2.18. The van der Waals surface area contributed by atoms with Crippen molar-refractivity contribution in [1.29, 1.82) is 0 Å². The van der Waals surface area contributed by atoms with Gasteiger partial charge in [0.15, 0.2) is 0 Å². The minimum absolute atomic E-state index is 0.892. The SMILES string of the molecule is c1ccc(-c2nc3ccccc3nc2-c2ccc3c(c2)c2ccc4ccccc4c2n3-c2ccccc2)cc1. The Morgan fingerprint density at radius 3 is 1.85 bits per heavy atom. The molecule has 3 nitrogen and oxygen atoms in total. The van der Waals surface area contributed by atoms with E-state index in [4.69, 9.17) is 9.97 Å². The normalized spacial score (nSPS) is 11.6. The number of rotatable bonds is 3. The van der Waals surface area contributed by atoms with Crippen molar-refractivity contribution in [1.82, 2.24) is 14.5 Å². The second kappa shape index (κ2) is 8.64. The molecular weight excluding hydrogens is 474 g/mol. The Hall–Kier alpha value is -5.28. The third-order valence-electron chi connectivity index (χ3n) is 7.56. The van der Waals surface area contributed by atoms with Gasteiger partial charge in [0.05, 0.1) is 33.5 Å². The van der Waals surface area contributed by atoms with Crippen LogP contribution in [0.5, 0.6) is 0 Å². The molecule has 0 radical (unpaired) electrons. The lowest BCUT2D eigenvalue weighted by Gasteiger charge is -2.12. The van der Waals surface area contributed by atoms with Gasteiger partial charge in [-0.2, -0.15) is 0 Å². The van der Waals surface area contributed by atoms with E-state index in [0.29, 0.717) is 0 Å². The molecule has 0 atom stereocenters. The fourth-order valence-electron chi connectivity index (χ4n) is 5.77. The third-order valence-corrected chi connectivity index (χ3v) is 7.56.